The topological polar surface area (TPSA) is 29.5 Å². The van der Waals surface area contributed by atoms with Crippen LogP contribution in [0.5, 0.6) is 5.75 Å². The molecule has 0 saturated heterocycles. The van der Waals surface area contributed by atoms with E-state index < -0.39 is 0 Å². The van der Waals surface area contributed by atoms with Crippen molar-refractivity contribution in [1.82, 2.24) is 4.90 Å². The summed E-state index contributed by atoms with van der Waals surface area (Å²) in [5.74, 6) is 0.348. The van der Waals surface area contributed by atoms with Gasteiger partial charge in [0.25, 0.3) is 0 Å². The van der Waals surface area contributed by atoms with Crippen molar-refractivity contribution in [1.29, 1.82) is 0 Å². The number of allylic oxidation sites excluding steroid dienone is 1. The number of fused-ring (bicyclic) bond motifs is 5. The Morgan fingerprint density at radius 3 is 2.67 bits per heavy atom. The van der Waals surface area contributed by atoms with Crippen LogP contribution in [0.2, 0.25) is 0 Å². The Kier molecular flexibility index (Phi) is 3.58. The van der Waals surface area contributed by atoms with Crippen molar-refractivity contribution in [2.45, 2.75) is 6.42 Å². The molecule has 4 rings (SSSR count). The lowest BCUT2D eigenvalue weighted by Gasteiger charge is -2.11. The van der Waals surface area contributed by atoms with E-state index in [1.807, 2.05) is 32.3 Å². The highest BCUT2D eigenvalue weighted by atomic mass is 16.5. The van der Waals surface area contributed by atoms with E-state index in [1.165, 1.54) is 27.3 Å². The molecule has 3 heteroatoms. The molecule has 0 fully saturated rings. The maximum absolute atomic E-state index is 11.8. The van der Waals surface area contributed by atoms with Gasteiger partial charge in [-0.2, -0.15) is 0 Å². The molecule has 0 N–H and O–H groups in total. The summed E-state index contributed by atoms with van der Waals surface area (Å²) in [6.07, 6.45) is 5.40. The van der Waals surface area contributed by atoms with Crippen LogP contribution < -0.4 is 4.74 Å². The van der Waals surface area contributed by atoms with Crippen LogP contribution in [0.15, 0.2) is 48.5 Å². The first-order chi connectivity index (χ1) is 11.6. The van der Waals surface area contributed by atoms with E-state index in [-0.39, 0.29) is 12.5 Å². The number of likely N-dealkylation sites (N-methyl/N-ethyl adjacent to an activating group) is 1. The average Bonchev–Trinajstić information content (AvgIpc) is 3.02. The fourth-order valence-corrected chi connectivity index (χ4v) is 3.38. The molecular formula is C21H19NO2. The second-order valence-corrected chi connectivity index (χ2v) is 6.50. The monoisotopic (exact) mass is 317 g/mol. The fourth-order valence-electron chi connectivity index (χ4n) is 3.38. The van der Waals surface area contributed by atoms with Gasteiger partial charge in [0.15, 0.2) is 0 Å². The van der Waals surface area contributed by atoms with Crippen molar-refractivity contribution < 1.29 is 9.53 Å². The molecule has 0 aromatic heterocycles. The highest BCUT2D eigenvalue weighted by Crippen LogP contribution is 2.34. The van der Waals surface area contributed by atoms with Gasteiger partial charge in [-0.3, -0.25) is 9.69 Å². The molecule has 0 unspecified atom stereocenters. The summed E-state index contributed by atoms with van der Waals surface area (Å²) in [5, 5.41) is 4.83. The number of hydrogen-bond donors (Lipinski definition) is 0. The summed E-state index contributed by atoms with van der Waals surface area (Å²) in [6.45, 7) is 0.273. The van der Waals surface area contributed by atoms with Gasteiger partial charge in [0.05, 0.1) is 6.54 Å². The molecule has 0 amide bonds. The Labute approximate surface area is 141 Å². The Hall–Kier alpha value is -2.65. The quantitative estimate of drug-likeness (QED) is 0.415. The normalized spacial score (nSPS) is 13.0. The Morgan fingerprint density at radius 2 is 1.83 bits per heavy atom. The van der Waals surface area contributed by atoms with E-state index in [2.05, 4.69) is 36.4 Å². The summed E-state index contributed by atoms with van der Waals surface area (Å²) < 4.78 is 5.43. The van der Waals surface area contributed by atoms with Gasteiger partial charge < -0.3 is 4.74 Å². The molecule has 3 aromatic rings. The Balaban J connectivity index is 1.75. The molecule has 1 aliphatic carbocycles. The van der Waals surface area contributed by atoms with Crippen molar-refractivity contribution in [3.8, 4) is 5.75 Å². The van der Waals surface area contributed by atoms with Crippen LogP contribution in [0.25, 0.3) is 27.6 Å². The van der Waals surface area contributed by atoms with Gasteiger partial charge in [-0.15, -0.1) is 0 Å². The predicted octanol–water partition coefficient (Wildman–Crippen LogP) is 4.03. The molecular weight excluding hydrogens is 298 g/mol. The zero-order chi connectivity index (χ0) is 16.7. The summed E-state index contributed by atoms with van der Waals surface area (Å²) in [4.78, 5) is 13.6. The molecule has 3 aromatic carbocycles. The van der Waals surface area contributed by atoms with Gasteiger partial charge in [-0.05, 0) is 65.3 Å². The van der Waals surface area contributed by atoms with Gasteiger partial charge in [0, 0.05) is 0 Å². The number of rotatable bonds is 3. The number of carbonyl (C=O) groups is 1. The lowest BCUT2D eigenvalue weighted by molar-refractivity contribution is -0.135. The molecule has 3 nitrogen and oxygen atoms in total. The van der Waals surface area contributed by atoms with Crippen LogP contribution in [0, 0.1) is 0 Å². The van der Waals surface area contributed by atoms with Crippen LogP contribution in [0.4, 0.5) is 0 Å². The number of esters is 1. The molecule has 24 heavy (non-hydrogen) atoms. The standard InChI is InChI=1S/C21H19NO2/c1-22(2)13-21(23)24-16-8-11-18-15(12-16)7-10-19-17-5-3-4-14(17)6-9-20(18)19/h3-4,6-12H,5,13H2,1-2H3. The number of hydrogen-bond acceptors (Lipinski definition) is 3. The highest BCUT2D eigenvalue weighted by molar-refractivity contribution is 6.09. The maximum Gasteiger partial charge on any atom is 0.325 e. The zero-order valence-corrected chi connectivity index (χ0v) is 13.9. The molecule has 0 atom stereocenters. The van der Waals surface area contributed by atoms with Gasteiger partial charge >= 0.3 is 5.97 Å². The van der Waals surface area contributed by atoms with Gasteiger partial charge in [0.2, 0.25) is 0 Å². The first-order valence-corrected chi connectivity index (χ1v) is 8.12. The summed E-state index contributed by atoms with van der Waals surface area (Å²) in [6, 6.07) is 14.5. The Bertz CT molecular complexity index is 986. The van der Waals surface area contributed by atoms with Crippen molar-refractivity contribution in [2.24, 2.45) is 0 Å². The fraction of sp³-hybridized carbons (Fsp3) is 0.190. The molecule has 0 aliphatic heterocycles. The largest absolute Gasteiger partial charge is 0.426 e. The van der Waals surface area contributed by atoms with Crippen LogP contribution in [0.3, 0.4) is 0 Å². The number of ether oxygens (including phenoxy) is 1. The average molecular weight is 317 g/mol. The van der Waals surface area contributed by atoms with E-state index in [0.717, 1.165) is 11.8 Å². The van der Waals surface area contributed by atoms with Gasteiger partial charge in [-0.25, -0.2) is 0 Å². The lowest BCUT2D eigenvalue weighted by atomic mass is 9.96. The van der Waals surface area contributed by atoms with Gasteiger partial charge in [0.1, 0.15) is 5.75 Å². The Morgan fingerprint density at radius 1 is 1.04 bits per heavy atom. The third-order valence-corrected chi connectivity index (χ3v) is 4.43. The highest BCUT2D eigenvalue weighted by Gasteiger charge is 2.12. The molecule has 0 spiro atoms. The minimum absolute atomic E-state index is 0.246. The molecule has 0 bridgehead atoms. The van der Waals surface area contributed by atoms with Crippen LogP contribution >= 0.6 is 0 Å². The third-order valence-electron chi connectivity index (χ3n) is 4.43. The number of benzene rings is 3. The van der Waals surface area contributed by atoms with Crippen LogP contribution in [0.1, 0.15) is 11.1 Å². The summed E-state index contributed by atoms with van der Waals surface area (Å²) in [5.41, 5.74) is 2.71. The molecule has 0 saturated carbocycles. The minimum Gasteiger partial charge on any atom is -0.426 e. The second kappa shape index (κ2) is 5.77. The molecule has 0 radical (unpaired) electrons. The van der Waals surface area contributed by atoms with Crippen molar-refractivity contribution in [2.75, 3.05) is 20.6 Å². The van der Waals surface area contributed by atoms with Crippen molar-refractivity contribution in [3.05, 3.63) is 59.7 Å². The van der Waals surface area contributed by atoms with E-state index >= 15 is 0 Å². The molecule has 120 valence electrons. The van der Waals surface area contributed by atoms with E-state index in [4.69, 9.17) is 4.74 Å². The van der Waals surface area contributed by atoms with Crippen LogP contribution in [-0.2, 0) is 11.2 Å². The number of nitrogens with zero attached hydrogens (tertiary/aromatic N) is 1. The summed E-state index contributed by atoms with van der Waals surface area (Å²) in [7, 11) is 3.70. The SMILES string of the molecule is CN(C)CC(=O)Oc1ccc2c(ccc3c4c(ccc32)C=CC4)c1. The first-order valence-electron chi connectivity index (χ1n) is 8.12. The van der Waals surface area contributed by atoms with Crippen molar-refractivity contribution >= 4 is 33.6 Å². The van der Waals surface area contributed by atoms with Gasteiger partial charge in [-0.1, -0.05) is 42.5 Å². The van der Waals surface area contributed by atoms with E-state index in [9.17, 15) is 4.79 Å². The van der Waals surface area contributed by atoms with E-state index in [1.54, 1.807) is 4.90 Å². The molecule has 0 heterocycles. The maximum atomic E-state index is 11.8. The first kappa shape index (κ1) is 14.9. The minimum atomic E-state index is -0.246. The van der Waals surface area contributed by atoms with Crippen molar-refractivity contribution in [3.63, 3.8) is 0 Å². The predicted molar refractivity (Wildman–Crippen MR) is 98.4 cm³/mol. The summed E-state index contributed by atoms with van der Waals surface area (Å²) >= 11 is 0. The third kappa shape index (κ3) is 2.57. The number of carbonyl (C=O) groups excluding carboxylic acids is 1. The lowest BCUT2D eigenvalue weighted by Crippen LogP contribution is -2.25. The smallest absolute Gasteiger partial charge is 0.325 e. The van der Waals surface area contributed by atoms with Crippen LogP contribution in [-0.4, -0.2) is 31.5 Å². The second-order valence-electron chi connectivity index (χ2n) is 6.50. The van der Waals surface area contributed by atoms with E-state index in [0.29, 0.717) is 5.75 Å². The zero-order valence-electron chi connectivity index (χ0n) is 13.9. The molecule has 1 aliphatic rings.